The van der Waals surface area contributed by atoms with Gasteiger partial charge in [0.1, 0.15) is 24.2 Å². The van der Waals surface area contributed by atoms with Gasteiger partial charge < -0.3 is 49.1 Å². The number of benzene rings is 1. The number of hydrogen-bond donors (Lipinski definition) is 7. The zero-order valence-electron chi connectivity index (χ0n) is 28.3. The van der Waals surface area contributed by atoms with Crippen LogP contribution in [0.4, 0.5) is 0 Å². The van der Waals surface area contributed by atoms with Crippen LogP contribution in [-0.4, -0.2) is 101 Å². The molecule has 49 heavy (non-hydrogen) atoms. The Balaban J connectivity index is 1.46. The number of carbonyl (C=O) groups excluding carboxylic acids is 5. The molecule has 2 saturated heterocycles. The van der Waals surface area contributed by atoms with E-state index in [1.807, 2.05) is 30.3 Å². The molecule has 1 saturated carbocycles. The fraction of sp³-hybridized carbons (Fsp3) is 0.647. The third-order valence-corrected chi connectivity index (χ3v) is 10.0. The molecule has 1 aromatic rings. The van der Waals surface area contributed by atoms with Gasteiger partial charge in [0.15, 0.2) is 5.96 Å². The first-order chi connectivity index (χ1) is 23.5. The first-order valence-electron chi connectivity index (χ1n) is 17.6. The summed E-state index contributed by atoms with van der Waals surface area (Å²) in [4.78, 5) is 74.8. The number of guanidine groups is 1. The van der Waals surface area contributed by atoms with Crippen LogP contribution in [0.25, 0.3) is 0 Å². The van der Waals surface area contributed by atoms with Crippen molar-refractivity contribution in [3.05, 3.63) is 35.9 Å². The molecule has 3 fully saturated rings. The molecule has 4 rings (SSSR count). The lowest BCUT2D eigenvalue weighted by molar-refractivity contribution is -0.149. The van der Waals surface area contributed by atoms with Crippen molar-refractivity contribution in [3.63, 3.8) is 0 Å². The predicted molar refractivity (Wildman–Crippen MR) is 185 cm³/mol. The van der Waals surface area contributed by atoms with E-state index >= 15 is 0 Å². The minimum atomic E-state index is -0.990. The first-order valence-corrected chi connectivity index (χ1v) is 17.6. The molecule has 0 radical (unpaired) electrons. The SMILES string of the molecule is NCCC[C@@H](NC(=O)[C@@H]1CCCN1C(=O)[C@@H]1C[C@@H]2CCCC[C@@H]2N1C(=O)[C@H](N)CCCN=C(N)N)C(=O)N[C@@H](Cc1ccccc1)C(N)=O. The molecular formula is C34H54N10O5. The maximum atomic E-state index is 14.3. The number of amides is 5. The van der Waals surface area contributed by atoms with Gasteiger partial charge in [0.2, 0.25) is 29.5 Å². The van der Waals surface area contributed by atoms with Gasteiger partial charge in [0.25, 0.3) is 0 Å². The summed E-state index contributed by atoms with van der Waals surface area (Å²) < 4.78 is 0. The number of rotatable bonds is 16. The quantitative estimate of drug-likeness (QED) is 0.0637. The Labute approximate surface area is 288 Å². The van der Waals surface area contributed by atoms with Crippen LogP contribution in [-0.2, 0) is 30.4 Å². The summed E-state index contributed by atoms with van der Waals surface area (Å²) in [5.74, 6) is -2.09. The molecule has 7 atom stereocenters. The molecule has 270 valence electrons. The van der Waals surface area contributed by atoms with E-state index in [0.29, 0.717) is 58.2 Å². The third kappa shape index (κ3) is 9.91. The van der Waals surface area contributed by atoms with E-state index in [2.05, 4.69) is 15.6 Å². The Morgan fingerprint density at radius 1 is 0.878 bits per heavy atom. The van der Waals surface area contributed by atoms with Crippen molar-refractivity contribution in [2.24, 2.45) is 39.6 Å². The standard InChI is InChI=1S/C34H54N10O5/c35-16-6-13-24(30(46)42-25(29(37)45)19-21-9-2-1-3-10-21)41-31(47)27-15-8-18-43(27)33(49)28-20-22-11-4-5-14-26(22)44(28)32(48)23(36)12-7-17-40-34(38)39/h1-3,9-10,22-28H,4-8,11-20,35-36H2,(H2,37,45)(H,41,47)(H,42,46)(H4,38,39,40)/t22-,23+,24+,25-,26-,27-,28-/m0/s1. The Bertz CT molecular complexity index is 1340. The monoisotopic (exact) mass is 682 g/mol. The Morgan fingerprint density at radius 3 is 2.31 bits per heavy atom. The highest BCUT2D eigenvalue weighted by Crippen LogP contribution is 2.41. The minimum Gasteiger partial charge on any atom is -0.370 e. The van der Waals surface area contributed by atoms with Gasteiger partial charge >= 0.3 is 0 Å². The van der Waals surface area contributed by atoms with Gasteiger partial charge in [-0.3, -0.25) is 29.0 Å². The lowest BCUT2D eigenvalue weighted by atomic mass is 9.84. The van der Waals surface area contributed by atoms with Crippen LogP contribution in [0.3, 0.4) is 0 Å². The first kappa shape index (κ1) is 37.6. The van der Waals surface area contributed by atoms with Crippen molar-refractivity contribution < 1.29 is 24.0 Å². The topological polar surface area (TPSA) is 258 Å². The summed E-state index contributed by atoms with van der Waals surface area (Å²) >= 11 is 0. The summed E-state index contributed by atoms with van der Waals surface area (Å²) in [6.07, 6.45) is 7.04. The van der Waals surface area contributed by atoms with Crippen LogP contribution in [0.15, 0.2) is 35.3 Å². The molecule has 0 unspecified atom stereocenters. The fourth-order valence-electron chi connectivity index (χ4n) is 7.53. The maximum Gasteiger partial charge on any atom is 0.246 e. The lowest BCUT2D eigenvalue weighted by Gasteiger charge is -2.37. The van der Waals surface area contributed by atoms with Crippen molar-refractivity contribution in [2.45, 2.75) is 113 Å². The third-order valence-electron chi connectivity index (χ3n) is 10.0. The molecule has 0 aromatic heterocycles. The van der Waals surface area contributed by atoms with E-state index < -0.39 is 47.9 Å². The second-order valence-electron chi connectivity index (χ2n) is 13.5. The van der Waals surface area contributed by atoms with E-state index in [0.717, 1.165) is 31.2 Å². The van der Waals surface area contributed by atoms with Crippen LogP contribution in [0, 0.1) is 5.92 Å². The predicted octanol–water partition coefficient (Wildman–Crippen LogP) is -1.05. The zero-order valence-corrected chi connectivity index (χ0v) is 28.3. The number of primary amides is 1. The normalized spacial score (nSPS) is 23.6. The van der Waals surface area contributed by atoms with E-state index in [9.17, 15) is 24.0 Å². The Morgan fingerprint density at radius 2 is 1.61 bits per heavy atom. The molecule has 0 bridgehead atoms. The summed E-state index contributed by atoms with van der Waals surface area (Å²) in [6.45, 7) is 1.000. The minimum absolute atomic E-state index is 0.0244. The van der Waals surface area contributed by atoms with Crippen LogP contribution in [0.1, 0.15) is 76.2 Å². The van der Waals surface area contributed by atoms with Gasteiger partial charge in [-0.05, 0) is 75.8 Å². The second kappa shape index (κ2) is 18.0. The number of carbonyl (C=O) groups is 5. The summed E-state index contributed by atoms with van der Waals surface area (Å²) in [5.41, 5.74) is 29.4. The number of nitrogens with two attached hydrogens (primary N) is 5. The average Bonchev–Trinajstić information content (AvgIpc) is 3.73. The molecule has 15 heteroatoms. The smallest absolute Gasteiger partial charge is 0.246 e. The highest BCUT2D eigenvalue weighted by atomic mass is 16.2. The molecule has 0 spiro atoms. The van der Waals surface area contributed by atoms with E-state index in [4.69, 9.17) is 28.7 Å². The Hall–Kier alpha value is -4.24. The van der Waals surface area contributed by atoms with Crippen molar-refractivity contribution in [3.8, 4) is 0 Å². The number of nitrogens with zero attached hydrogens (tertiary/aromatic N) is 3. The largest absolute Gasteiger partial charge is 0.370 e. The molecule has 5 amide bonds. The van der Waals surface area contributed by atoms with Crippen LogP contribution >= 0.6 is 0 Å². The number of fused-ring (bicyclic) bond motifs is 1. The van der Waals surface area contributed by atoms with Crippen LogP contribution < -0.4 is 39.3 Å². The molecule has 2 aliphatic heterocycles. The lowest BCUT2D eigenvalue weighted by Crippen LogP contribution is -2.59. The van der Waals surface area contributed by atoms with E-state index in [1.165, 1.54) is 0 Å². The van der Waals surface area contributed by atoms with Gasteiger partial charge in [-0.15, -0.1) is 0 Å². The molecule has 1 aromatic carbocycles. The number of nitrogens with one attached hydrogen (secondary N) is 2. The van der Waals surface area contributed by atoms with Crippen molar-refractivity contribution in [1.82, 2.24) is 20.4 Å². The number of likely N-dealkylation sites (tertiary alicyclic amines) is 2. The van der Waals surface area contributed by atoms with Gasteiger partial charge in [-0.25, -0.2) is 0 Å². The van der Waals surface area contributed by atoms with Gasteiger partial charge in [-0.1, -0.05) is 43.2 Å². The highest BCUT2D eigenvalue weighted by molar-refractivity contribution is 5.96. The Kier molecular flexibility index (Phi) is 13.8. The van der Waals surface area contributed by atoms with Gasteiger partial charge in [0, 0.05) is 25.6 Å². The number of aliphatic imine (C=N–C) groups is 1. The van der Waals surface area contributed by atoms with Crippen LogP contribution in [0.2, 0.25) is 0 Å². The van der Waals surface area contributed by atoms with Crippen molar-refractivity contribution in [1.29, 1.82) is 0 Å². The molecular weight excluding hydrogens is 628 g/mol. The second-order valence-corrected chi connectivity index (χ2v) is 13.5. The summed E-state index contributed by atoms with van der Waals surface area (Å²) in [6, 6.07) is 4.77. The fourth-order valence-corrected chi connectivity index (χ4v) is 7.53. The molecule has 3 aliphatic rings. The molecule has 12 N–H and O–H groups in total. The molecule has 2 heterocycles. The highest BCUT2D eigenvalue weighted by Gasteiger charge is 2.51. The zero-order chi connectivity index (χ0) is 35.5. The molecule has 15 nitrogen and oxygen atoms in total. The van der Waals surface area contributed by atoms with E-state index in [-0.39, 0.29) is 42.6 Å². The van der Waals surface area contributed by atoms with Gasteiger partial charge in [-0.2, -0.15) is 0 Å². The molecule has 1 aliphatic carbocycles. The average molecular weight is 683 g/mol. The summed E-state index contributed by atoms with van der Waals surface area (Å²) in [5, 5.41) is 5.54. The van der Waals surface area contributed by atoms with E-state index in [1.54, 1.807) is 9.80 Å². The summed E-state index contributed by atoms with van der Waals surface area (Å²) in [7, 11) is 0. The van der Waals surface area contributed by atoms with Crippen molar-refractivity contribution in [2.75, 3.05) is 19.6 Å². The van der Waals surface area contributed by atoms with Crippen molar-refractivity contribution >= 4 is 35.5 Å². The van der Waals surface area contributed by atoms with Gasteiger partial charge in [0.05, 0.1) is 6.04 Å². The number of hydrogen-bond acceptors (Lipinski definition) is 8. The maximum absolute atomic E-state index is 14.3. The van der Waals surface area contributed by atoms with Crippen LogP contribution in [0.5, 0.6) is 0 Å².